The minimum atomic E-state index is -0.486. The third-order valence-electron chi connectivity index (χ3n) is 4.55. The van der Waals surface area contributed by atoms with Crippen LogP contribution in [0.15, 0.2) is 43.0 Å². The normalized spacial score (nSPS) is 10.5. The van der Waals surface area contributed by atoms with Gasteiger partial charge < -0.3 is 23.7 Å². The molecule has 0 radical (unpaired) electrons. The van der Waals surface area contributed by atoms with Gasteiger partial charge in [-0.05, 0) is 59.0 Å². The van der Waals surface area contributed by atoms with Crippen molar-refractivity contribution in [3.63, 3.8) is 0 Å². The van der Waals surface area contributed by atoms with Crippen LogP contribution in [0.4, 0.5) is 0 Å². The summed E-state index contributed by atoms with van der Waals surface area (Å²) in [4.78, 5) is 33.9. The van der Waals surface area contributed by atoms with Gasteiger partial charge in [0.1, 0.15) is 6.61 Å². The number of allylic oxidation sites excluding steroid dienone is 1. The number of carbonyl (C=O) groups is 3. The van der Waals surface area contributed by atoms with E-state index in [1.165, 1.54) is 35.0 Å². The monoisotopic (exact) mass is 468 g/mol. The molecular formula is C26H28O8. The van der Waals surface area contributed by atoms with Gasteiger partial charge in [-0.25, -0.2) is 0 Å². The maximum atomic E-state index is 11.5. The molecule has 0 atom stereocenters. The number of methoxy groups -OCH3 is 2. The SMILES string of the molecule is C=C(Cc1ccc(OC(C)=O)c(OC)c1)c1cc(OC)c(OC(C)=O)cc1C=CCOC(C)=O. The van der Waals surface area contributed by atoms with Crippen molar-refractivity contribution in [3.8, 4) is 23.0 Å². The first-order valence-corrected chi connectivity index (χ1v) is 10.4. The topological polar surface area (TPSA) is 97.4 Å². The van der Waals surface area contributed by atoms with Crippen LogP contribution in [0, 0.1) is 0 Å². The average Bonchev–Trinajstić information content (AvgIpc) is 2.76. The summed E-state index contributed by atoms with van der Waals surface area (Å²) < 4.78 is 26.1. The lowest BCUT2D eigenvalue weighted by atomic mass is 9.94. The molecule has 0 aromatic heterocycles. The zero-order chi connectivity index (χ0) is 25.3. The highest BCUT2D eigenvalue weighted by molar-refractivity contribution is 5.79. The average molecular weight is 469 g/mol. The summed E-state index contributed by atoms with van der Waals surface area (Å²) in [5.74, 6) is 0.0454. The number of benzene rings is 2. The summed E-state index contributed by atoms with van der Waals surface area (Å²) in [5, 5.41) is 0. The van der Waals surface area contributed by atoms with E-state index in [0.717, 1.165) is 16.7 Å². The van der Waals surface area contributed by atoms with E-state index in [1.807, 2.05) is 6.07 Å². The first-order valence-electron chi connectivity index (χ1n) is 10.4. The third-order valence-corrected chi connectivity index (χ3v) is 4.55. The van der Waals surface area contributed by atoms with Crippen molar-refractivity contribution in [3.05, 3.63) is 59.7 Å². The van der Waals surface area contributed by atoms with Crippen molar-refractivity contribution >= 4 is 29.6 Å². The van der Waals surface area contributed by atoms with Gasteiger partial charge in [-0.15, -0.1) is 0 Å². The fraction of sp³-hybridized carbons (Fsp3) is 0.269. The lowest BCUT2D eigenvalue weighted by Crippen LogP contribution is -2.05. The quantitative estimate of drug-likeness (QED) is 0.374. The molecule has 0 spiro atoms. The maximum Gasteiger partial charge on any atom is 0.308 e. The molecule has 8 nitrogen and oxygen atoms in total. The van der Waals surface area contributed by atoms with Crippen LogP contribution >= 0.6 is 0 Å². The van der Waals surface area contributed by atoms with E-state index < -0.39 is 17.9 Å². The van der Waals surface area contributed by atoms with Crippen LogP contribution in [0.5, 0.6) is 23.0 Å². The van der Waals surface area contributed by atoms with Crippen molar-refractivity contribution in [1.29, 1.82) is 0 Å². The Morgan fingerprint density at radius 2 is 1.44 bits per heavy atom. The highest BCUT2D eigenvalue weighted by Gasteiger charge is 2.16. The summed E-state index contributed by atoms with van der Waals surface area (Å²) in [6.45, 7) is 8.26. The van der Waals surface area contributed by atoms with Crippen LogP contribution < -0.4 is 18.9 Å². The number of hydrogen-bond donors (Lipinski definition) is 0. The zero-order valence-electron chi connectivity index (χ0n) is 19.9. The minimum absolute atomic E-state index is 0.0883. The molecule has 0 saturated carbocycles. The molecule has 2 aromatic rings. The van der Waals surface area contributed by atoms with Gasteiger partial charge in [0.2, 0.25) is 0 Å². The molecule has 0 fully saturated rings. The van der Waals surface area contributed by atoms with Crippen LogP contribution in [-0.4, -0.2) is 38.7 Å². The summed E-state index contributed by atoms with van der Waals surface area (Å²) >= 11 is 0. The summed E-state index contributed by atoms with van der Waals surface area (Å²) in [7, 11) is 2.97. The summed E-state index contributed by atoms with van der Waals surface area (Å²) in [6.07, 6.45) is 3.87. The number of ether oxygens (including phenoxy) is 5. The van der Waals surface area contributed by atoms with Gasteiger partial charge in [0.05, 0.1) is 14.2 Å². The van der Waals surface area contributed by atoms with Crippen molar-refractivity contribution in [1.82, 2.24) is 0 Å². The van der Waals surface area contributed by atoms with E-state index in [4.69, 9.17) is 23.7 Å². The molecule has 0 aliphatic rings. The Hall–Kier alpha value is -4.07. The third kappa shape index (κ3) is 7.51. The molecule has 0 unspecified atom stereocenters. The van der Waals surface area contributed by atoms with E-state index in [0.29, 0.717) is 29.2 Å². The number of rotatable bonds is 10. The number of hydrogen-bond acceptors (Lipinski definition) is 8. The van der Waals surface area contributed by atoms with Gasteiger partial charge in [0.15, 0.2) is 23.0 Å². The van der Waals surface area contributed by atoms with Gasteiger partial charge in [-0.2, -0.15) is 0 Å². The fourth-order valence-corrected chi connectivity index (χ4v) is 3.16. The highest BCUT2D eigenvalue weighted by atomic mass is 16.6. The Morgan fingerprint density at radius 1 is 0.824 bits per heavy atom. The predicted octanol–water partition coefficient (Wildman–Crippen LogP) is 4.39. The van der Waals surface area contributed by atoms with Gasteiger partial charge in [-0.3, -0.25) is 14.4 Å². The standard InChI is InChI=1S/C26H28O8/c1-16(12-20-9-10-23(33-18(3)28)24(13-20)30-5)22-15-25(31-6)26(34-19(4)29)14-21(22)8-7-11-32-17(2)27/h7-10,13-15H,1,11-12H2,2-6H3. The number of carbonyl (C=O) groups excluding carboxylic acids is 3. The van der Waals surface area contributed by atoms with E-state index in [-0.39, 0.29) is 12.4 Å². The fourth-order valence-electron chi connectivity index (χ4n) is 3.16. The van der Waals surface area contributed by atoms with Crippen LogP contribution in [0.1, 0.15) is 37.5 Å². The lowest BCUT2D eigenvalue weighted by molar-refractivity contribution is -0.139. The van der Waals surface area contributed by atoms with Gasteiger partial charge in [-0.1, -0.05) is 18.7 Å². The first kappa shape index (κ1) is 26.2. The largest absolute Gasteiger partial charge is 0.493 e. The van der Waals surface area contributed by atoms with Crippen molar-refractivity contribution < 1.29 is 38.1 Å². The Balaban J connectivity index is 2.42. The van der Waals surface area contributed by atoms with Gasteiger partial charge in [0.25, 0.3) is 0 Å². The molecule has 0 aliphatic heterocycles. The molecule has 180 valence electrons. The van der Waals surface area contributed by atoms with Crippen molar-refractivity contribution in [2.45, 2.75) is 27.2 Å². The second-order valence-corrected chi connectivity index (χ2v) is 7.25. The molecule has 0 saturated heterocycles. The Morgan fingerprint density at radius 3 is 2.03 bits per heavy atom. The van der Waals surface area contributed by atoms with Crippen molar-refractivity contribution in [2.75, 3.05) is 20.8 Å². The second-order valence-electron chi connectivity index (χ2n) is 7.25. The second kappa shape index (κ2) is 12.2. The van der Waals surface area contributed by atoms with Crippen LogP contribution in [-0.2, 0) is 25.5 Å². The Labute approximate surface area is 198 Å². The van der Waals surface area contributed by atoms with Crippen molar-refractivity contribution in [2.24, 2.45) is 0 Å². The van der Waals surface area contributed by atoms with E-state index in [2.05, 4.69) is 6.58 Å². The van der Waals surface area contributed by atoms with E-state index in [1.54, 1.807) is 36.4 Å². The zero-order valence-corrected chi connectivity index (χ0v) is 19.9. The maximum absolute atomic E-state index is 11.5. The molecule has 0 N–H and O–H groups in total. The number of esters is 3. The minimum Gasteiger partial charge on any atom is -0.493 e. The smallest absolute Gasteiger partial charge is 0.308 e. The Bertz CT molecular complexity index is 1110. The van der Waals surface area contributed by atoms with Crippen LogP contribution in [0.3, 0.4) is 0 Å². The molecule has 0 heterocycles. The molecule has 34 heavy (non-hydrogen) atoms. The van der Waals surface area contributed by atoms with Gasteiger partial charge in [0, 0.05) is 20.8 Å². The molecule has 0 aliphatic carbocycles. The molecule has 2 rings (SSSR count). The molecule has 8 heteroatoms. The Kier molecular flexibility index (Phi) is 9.43. The van der Waals surface area contributed by atoms with E-state index >= 15 is 0 Å². The molecule has 0 amide bonds. The van der Waals surface area contributed by atoms with E-state index in [9.17, 15) is 14.4 Å². The molecular weight excluding hydrogens is 440 g/mol. The predicted molar refractivity (Wildman–Crippen MR) is 127 cm³/mol. The van der Waals surface area contributed by atoms with Crippen LogP contribution in [0.25, 0.3) is 11.6 Å². The summed E-state index contributed by atoms with van der Waals surface area (Å²) in [6, 6.07) is 8.63. The highest BCUT2D eigenvalue weighted by Crippen LogP contribution is 2.36. The van der Waals surface area contributed by atoms with Gasteiger partial charge >= 0.3 is 17.9 Å². The summed E-state index contributed by atoms with van der Waals surface area (Å²) in [5.41, 5.74) is 3.05. The van der Waals surface area contributed by atoms with Crippen LogP contribution in [0.2, 0.25) is 0 Å². The first-order chi connectivity index (χ1) is 16.1. The molecule has 0 bridgehead atoms. The lowest BCUT2D eigenvalue weighted by Gasteiger charge is -2.16. The molecule has 2 aromatic carbocycles.